The molecule has 19 heavy (non-hydrogen) atoms. The summed E-state index contributed by atoms with van der Waals surface area (Å²) >= 11 is 0. The third-order valence-electron chi connectivity index (χ3n) is 3.42. The van der Waals surface area contributed by atoms with Crippen molar-refractivity contribution in [1.29, 1.82) is 0 Å². The van der Waals surface area contributed by atoms with Crippen LogP contribution in [0.1, 0.15) is 18.4 Å². The number of aryl methyl sites for hydroxylation is 1. The lowest BCUT2D eigenvalue weighted by Gasteiger charge is -2.10. The highest BCUT2D eigenvalue weighted by molar-refractivity contribution is 7.89. The molecule has 106 valence electrons. The minimum absolute atomic E-state index is 0.266. The highest BCUT2D eigenvalue weighted by Crippen LogP contribution is 2.18. The molecule has 1 aliphatic rings. The van der Waals surface area contributed by atoms with Crippen molar-refractivity contribution in [2.45, 2.75) is 24.7 Å². The van der Waals surface area contributed by atoms with Gasteiger partial charge in [-0.3, -0.25) is 0 Å². The van der Waals surface area contributed by atoms with Gasteiger partial charge in [-0.05, 0) is 49.4 Å². The molecule has 0 radical (unpaired) electrons. The van der Waals surface area contributed by atoms with Gasteiger partial charge in [0.1, 0.15) is 0 Å². The van der Waals surface area contributed by atoms with E-state index in [2.05, 4.69) is 4.72 Å². The number of hydrogen-bond donors (Lipinski definition) is 2. The molecule has 1 aromatic rings. The molecule has 1 aliphatic heterocycles. The number of anilines is 1. The number of ether oxygens (including phenoxy) is 1. The van der Waals surface area contributed by atoms with Gasteiger partial charge in [-0.1, -0.05) is 0 Å². The molecule has 1 unspecified atom stereocenters. The molecule has 0 amide bonds. The van der Waals surface area contributed by atoms with Gasteiger partial charge in [-0.2, -0.15) is 0 Å². The van der Waals surface area contributed by atoms with Gasteiger partial charge in [-0.25, -0.2) is 13.1 Å². The fourth-order valence-corrected chi connectivity index (χ4v) is 3.24. The van der Waals surface area contributed by atoms with Crippen LogP contribution in [0.2, 0.25) is 0 Å². The number of nitrogens with one attached hydrogen (secondary N) is 1. The Bertz CT molecular complexity index is 537. The Balaban J connectivity index is 1.95. The van der Waals surface area contributed by atoms with E-state index < -0.39 is 10.0 Å². The van der Waals surface area contributed by atoms with Crippen molar-refractivity contribution in [3.63, 3.8) is 0 Å². The second-order valence-corrected chi connectivity index (χ2v) is 6.70. The molecule has 0 bridgehead atoms. The first-order chi connectivity index (χ1) is 8.99. The normalized spacial score (nSPS) is 19.7. The van der Waals surface area contributed by atoms with E-state index >= 15 is 0 Å². The quantitative estimate of drug-likeness (QED) is 0.798. The van der Waals surface area contributed by atoms with Gasteiger partial charge >= 0.3 is 0 Å². The molecule has 0 saturated carbocycles. The van der Waals surface area contributed by atoms with Crippen molar-refractivity contribution in [1.82, 2.24) is 4.72 Å². The number of hydrogen-bond acceptors (Lipinski definition) is 4. The lowest BCUT2D eigenvalue weighted by atomic mass is 10.1. The smallest absolute Gasteiger partial charge is 0.240 e. The monoisotopic (exact) mass is 284 g/mol. The number of nitrogens with two attached hydrogens (primary N) is 1. The van der Waals surface area contributed by atoms with Crippen LogP contribution in [0.15, 0.2) is 23.1 Å². The summed E-state index contributed by atoms with van der Waals surface area (Å²) < 4.78 is 32.1. The Morgan fingerprint density at radius 2 is 2.26 bits per heavy atom. The van der Waals surface area contributed by atoms with Crippen LogP contribution in [0.3, 0.4) is 0 Å². The third kappa shape index (κ3) is 3.68. The molecular weight excluding hydrogens is 264 g/mol. The summed E-state index contributed by atoms with van der Waals surface area (Å²) in [7, 11) is -3.44. The average Bonchev–Trinajstić information content (AvgIpc) is 2.85. The molecule has 3 N–H and O–H groups in total. The minimum Gasteiger partial charge on any atom is -0.399 e. The Kier molecular flexibility index (Phi) is 4.44. The molecule has 1 aromatic carbocycles. The zero-order chi connectivity index (χ0) is 13.9. The number of sulfonamides is 1. The third-order valence-corrected chi connectivity index (χ3v) is 4.88. The molecule has 1 saturated heterocycles. The number of nitrogen functional groups attached to an aromatic ring is 1. The van der Waals surface area contributed by atoms with Crippen molar-refractivity contribution in [3.05, 3.63) is 23.8 Å². The van der Waals surface area contributed by atoms with Gasteiger partial charge in [0.15, 0.2) is 0 Å². The zero-order valence-corrected chi connectivity index (χ0v) is 11.9. The fraction of sp³-hybridized carbons (Fsp3) is 0.538. The number of benzene rings is 1. The van der Waals surface area contributed by atoms with Crippen LogP contribution in [0.4, 0.5) is 5.69 Å². The summed E-state index contributed by atoms with van der Waals surface area (Å²) in [6.45, 7) is 3.77. The second-order valence-electron chi connectivity index (χ2n) is 4.93. The molecule has 6 heteroatoms. The lowest BCUT2D eigenvalue weighted by Crippen LogP contribution is -2.26. The van der Waals surface area contributed by atoms with Crippen LogP contribution in [0, 0.1) is 12.8 Å². The Morgan fingerprint density at radius 3 is 2.89 bits per heavy atom. The SMILES string of the molecule is Cc1cc(S(=O)(=O)NCCC2CCOC2)ccc1N. The summed E-state index contributed by atoms with van der Waals surface area (Å²) in [6, 6.07) is 4.74. The van der Waals surface area contributed by atoms with Gasteiger partial charge in [0.05, 0.1) is 4.90 Å². The standard InChI is InChI=1S/C13H20N2O3S/c1-10-8-12(2-3-13(10)14)19(16,17)15-6-4-11-5-7-18-9-11/h2-3,8,11,15H,4-7,9,14H2,1H3. The maximum absolute atomic E-state index is 12.1. The maximum Gasteiger partial charge on any atom is 0.240 e. The first kappa shape index (κ1) is 14.3. The van der Waals surface area contributed by atoms with Crippen molar-refractivity contribution in [2.75, 3.05) is 25.5 Å². The number of rotatable bonds is 5. The van der Waals surface area contributed by atoms with Crippen molar-refractivity contribution in [3.8, 4) is 0 Å². The van der Waals surface area contributed by atoms with E-state index in [9.17, 15) is 8.42 Å². The first-order valence-electron chi connectivity index (χ1n) is 6.42. The molecule has 5 nitrogen and oxygen atoms in total. The Hall–Kier alpha value is -1.11. The molecule has 0 spiro atoms. The highest BCUT2D eigenvalue weighted by atomic mass is 32.2. The van der Waals surface area contributed by atoms with E-state index in [0.717, 1.165) is 31.6 Å². The van der Waals surface area contributed by atoms with Gasteiger partial charge < -0.3 is 10.5 Å². The van der Waals surface area contributed by atoms with Crippen LogP contribution >= 0.6 is 0 Å². The summed E-state index contributed by atoms with van der Waals surface area (Å²) in [6.07, 6.45) is 1.83. The van der Waals surface area contributed by atoms with Crippen LogP contribution < -0.4 is 10.5 Å². The summed E-state index contributed by atoms with van der Waals surface area (Å²) in [5.41, 5.74) is 7.06. The van der Waals surface area contributed by atoms with Crippen LogP contribution in [0.5, 0.6) is 0 Å². The van der Waals surface area contributed by atoms with Gasteiger partial charge in [0, 0.05) is 25.4 Å². The lowest BCUT2D eigenvalue weighted by molar-refractivity contribution is 0.184. The summed E-state index contributed by atoms with van der Waals surface area (Å²) in [4.78, 5) is 0.266. The van der Waals surface area contributed by atoms with E-state index in [1.807, 2.05) is 0 Å². The summed E-state index contributed by atoms with van der Waals surface area (Å²) in [5, 5.41) is 0. The topological polar surface area (TPSA) is 81.4 Å². The van der Waals surface area contributed by atoms with Crippen molar-refractivity contribution in [2.24, 2.45) is 5.92 Å². The second kappa shape index (κ2) is 5.90. The molecule has 0 aromatic heterocycles. The van der Waals surface area contributed by atoms with E-state index in [1.165, 1.54) is 6.07 Å². The van der Waals surface area contributed by atoms with Crippen LogP contribution in [-0.4, -0.2) is 28.2 Å². The Labute approximate surface area is 114 Å². The predicted molar refractivity (Wildman–Crippen MR) is 74.3 cm³/mol. The van der Waals surface area contributed by atoms with Crippen molar-refractivity contribution < 1.29 is 13.2 Å². The molecule has 0 aliphatic carbocycles. The first-order valence-corrected chi connectivity index (χ1v) is 7.91. The van der Waals surface area contributed by atoms with Gasteiger partial charge in [-0.15, -0.1) is 0 Å². The van der Waals surface area contributed by atoms with Gasteiger partial charge in [0.25, 0.3) is 0 Å². The van der Waals surface area contributed by atoms with Crippen molar-refractivity contribution >= 4 is 15.7 Å². The van der Waals surface area contributed by atoms with E-state index in [0.29, 0.717) is 18.2 Å². The van der Waals surface area contributed by atoms with E-state index in [1.54, 1.807) is 19.1 Å². The maximum atomic E-state index is 12.1. The Morgan fingerprint density at radius 1 is 1.47 bits per heavy atom. The van der Waals surface area contributed by atoms with Crippen LogP contribution in [-0.2, 0) is 14.8 Å². The fourth-order valence-electron chi connectivity index (χ4n) is 2.11. The van der Waals surface area contributed by atoms with E-state index in [4.69, 9.17) is 10.5 Å². The van der Waals surface area contributed by atoms with Crippen LogP contribution in [0.25, 0.3) is 0 Å². The van der Waals surface area contributed by atoms with E-state index in [-0.39, 0.29) is 4.90 Å². The molecule has 1 fully saturated rings. The highest BCUT2D eigenvalue weighted by Gasteiger charge is 2.18. The minimum atomic E-state index is -3.44. The summed E-state index contributed by atoms with van der Waals surface area (Å²) in [5.74, 6) is 0.468. The zero-order valence-electron chi connectivity index (χ0n) is 11.1. The van der Waals surface area contributed by atoms with Gasteiger partial charge in [0.2, 0.25) is 10.0 Å². The largest absolute Gasteiger partial charge is 0.399 e. The molecular formula is C13H20N2O3S. The molecule has 1 heterocycles. The molecule has 1 atom stereocenters. The molecule has 2 rings (SSSR count). The predicted octanol–water partition coefficient (Wildman–Crippen LogP) is 1.28. The average molecular weight is 284 g/mol.